The molecule has 26 aromatic rings. The minimum atomic E-state index is 0.559. The van der Waals surface area contributed by atoms with E-state index in [-0.39, 0.29) is 0 Å². The third kappa shape index (κ3) is 16.4. The predicted octanol–water partition coefficient (Wildman–Crippen LogP) is 33.0. The van der Waals surface area contributed by atoms with Gasteiger partial charge < -0.3 is 14.0 Å². The molecule has 0 aliphatic heterocycles. The Morgan fingerprint density at radius 2 is 0.496 bits per heavy atom. The molecule has 0 spiro atoms. The molecular weight excluding hydrogens is 1760 g/mol. The fraction of sp³-hybridized carbons (Fsp3) is 0.00787. The number of rotatable bonds is 17. The van der Waals surface area contributed by atoms with E-state index in [2.05, 4.69) is 427 Å². The van der Waals surface area contributed by atoms with E-state index in [1.807, 2.05) is 121 Å². The zero-order valence-electron chi connectivity index (χ0n) is 75.5. The van der Waals surface area contributed by atoms with Crippen LogP contribution in [0.25, 0.3) is 201 Å². The second-order valence-electron chi connectivity index (χ2n) is 34.6. The smallest absolute Gasteiger partial charge is 0.238 e. The van der Waals surface area contributed by atoms with Crippen molar-refractivity contribution < 1.29 is 0 Å². The van der Waals surface area contributed by atoms with Gasteiger partial charge in [-0.25, -0.2) is 9.97 Å². The van der Waals surface area contributed by atoms with Crippen LogP contribution < -0.4 is 4.90 Å². The molecule has 0 aliphatic carbocycles. The van der Waals surface area contributed by atoms with Crippen molar-refractivity contribution in [1.29, 1.82) is 0 Å². The predicted molar refractivity (Wildman–Crippen MR) is 579 cm³/mol. The van der Waals surface area contributed by atoms with E-state index in [0.29, 0.717) is 35.2 Å². The zero-order valence-corrected chi connectivity index (χ0v) is 77.1. The average molecular weight is 1850 g/mol. The van der Waals surface area contributed by atoms with Gasteiger partial charge in [0.25, 0.3) is 0 Å². The van der Waals surface area contributed by atoms with Gasteiger partial charge in [-0.15, -0.1) is 0 Å². The molecule has 0 amide bonds. The number of hydrogen-bond donors (Lipinski definition) is 0. The van der Waals surface area contributed by atoms with Gasteiger partial charge in [-0.3, -0.25) is 9.13 Å². The van der Waals surface area contributed by atoms with Gasteiger partial charge in [-0.1, -0.05) is 404 Å². The van der Waals surface area contributed by atoms with Crippen LogP contribution >= 0.6 is 15.9 Å². The van der Waals surface area contributed by atoms with Gasteiger partial charge >= 0.3 is 0 Å². The third-order valence-corrected chi connectivity index (χ3v) is 26.6. The van der Waals surface area contributed by atoms with E-state index in [1.165, 1.54) is 93.5 Å². The van der Waals surface area contributed by atoms with Crippen LogP contribution in [0.4, 0.5) is 17.1 Å². The molecule has 139 heavy (non-hydrogen) atoms. The average Bonchev–Trinajstić information content (AvgIpc) is 1.62. The largest absolute Gasteiger partial charge is 0.310 e. The Labute approximate surface area is 812 Å². The number of hydrogen-bond acceptors (Lipinski definition) is 7. The molecule has 20 aromatic carbocycles. The first kappa shape index (κ1) is 83.9. The highest BCUT2D eigenvalue weighted by Crippen LogP contribution is 2.47. The highest BCUT2D eigenvalue weighted by molar-refractivity contribution is 9.10. The van der Waals surface area contributed by atoms with Crippen LogP contribution in [0.5, 0.6) is 0 Å². The number of benzene rings is 20. The van der Waals surface area contributed by atoms with Crippen molar-refractivity contribution in [3.05, 3.63) is 525 Å². The number of halogens is 1. The summed E-state index contributed by atoms with van der Waals surface area (Å²) in [7, 11) is 0. The molecule has 6 aromatic heterocycles. The van der Waals surface area contributed by atoms with Crippen LogP contribution in [0.1, 0.15) is 11.1 Å². The van der Waals surface area contributed by atoms with Crippen LogP contribution in [0, 0.1) is 0 Å². The third-order valence-electron chi connectivity index (χ3n) is 26.1. The summed E-state index contributed by atoms with van der Waals surface area (Å²) >= 11 is 3.58. The minimum absolute atomic E-state index is 0.559. The second-order valence-corrected chi connectivity index (χ2v) is 35.6. The number of para-hydroxylation sites is 7. The standard InChI is InChI=1S/C63H42N6.C40H28N4.C24H16BrN/c1-5-19-43(20-6-1)44-33-36-49(37-34-44)67(56-30-16-13-27-51(56)47-35-39-54-52-28-14-17-31-57(52)68(60(54)41-47)48-25-11-4-12-26-48)50-38-40-59-55(42-50)53-29-15-18-32-58(53)69(59)63-65-61(45-21-7-2-8-22-45)64-62(66-63)46-23-9-3-10-24-46;1-4-12-30(13-5-1)31-23-20-28(21-24-31)26-29-22-25-37-35(27-29)34-18-10-11-19-36(34)44(37)40-42-38(32-14-6-2-7-15-32)41-39(43-40)33-16-8-3-9-17-33;25-19-8-6-7-17(15-19)18-13-14-22-21-11-4-5-12-23(21)26(24(22)16-18)20-9-2-1-3-10-20/h1-42H;1-25,27H,26H2;1-16H. The van der Waals surface area contributed by atoms with Crippen molar-refractivity contribution in [3.63, 3.8) is 0 Å². The molecule has 656 valence electrons. The van der Waals surface area contributed by atoms with E-state index >= 15 is 0 Å². The molecule has 0 unspecified atom stereocenters. The Morgan fingerprint density at radius 1 is 0.187 bits per heavy atom. The topological polar surface area (TPSA) is 100 Å². The van der Waals surface area contributed by atoms with Gasteiger partial charge in [0.15, 0.2) is 23.3 Å². The van der Waals surface area contributed by atoms with E-state index in [9.17, 15) is 0 Å². The highest BCUT2D eigenvalue weighted by Gasteiger charge is 2.26. The normalized spacial score (nSPS) is 11.4. The maximum atomic E-state index is 5.19. The van der Waals surface area contributed by atoms with Crippen molar-refractivity contribution in [3.8, 4) is 113 Å². The van der Waals surface area contributed by atoms with Gasteiger partial charge in [0.1, 0.15) is 0 Å². The van der Waals surface area contributed by atoms with Crippen molar-refractivity contribution in [2.24, 2.45) is 0 Å². The monoisotopic (exact) mass is 1840 g/mol. The number of nitrogens with zero attached hydrogens (tertiary/aromatic N) is 11. The summed E-state index contributed by atoms with van der Waals surface area (Å²) in [6.07, 6.45) is 0.854. The maximum absolute atomic E-state index is 5.19. The summed E-state index contributed by atoms with van der Waals surface area (Å²) < 4.78 is 10.2. The van der Waals surface area contributed by atoms with Gasteiger partial charge in [0, 0.05) is 98.1 Å². The molecule has 0 saturated carbocycles. The molecule has 26 rings (SSSR count). The van der Waals surface area contributed by atoms with E-state index in [1.54, 1.807) is 0 Å². The lowest BCUT2D eigenvalue weighted by atomic mass is 9.99. The van der Waals surface area contributed by atoms with Crippen molar-refractivity contribution in [2.45, 2.75) is 6.42 Å². The summed E-state index contributed by atoms with van der Waals surface area (Å²) in [5.41, 5.74) is 30.2. The first-order chi connectivity index (χ1) is 68.8. The highest BCUT2D eigenvalue weighted by atomic mass is 79.9. The van der Waals surface area contributed by atoms with E-state index < -0.39 is 0 Å². The molecule has 0 radical (unpaired) electrons. The quantitative estimate of drug-likeness (QED) is 0.0895. The number of fused-ring (bicyclic) bond motifs is 12. The van der Waals surface area contributed by atoms with Crippen LogP contribution in [0.2, 0.25) is 0 Å². The van der Waals surface area contributed by atoms with Gasteiger partial charge in [0.2, 0.25) is 11.9 Å². The lowest BCUT2D eigenvalue weighted by molar-refractivity contribution is 0.953. The Balaban J connectivity index is 0.000000127. The van der Waals surface area contributed by atoms with Crippen molar-refractivity contribution in [2.75, 3.05) is 4.90 Å². The Morgan fingerprint density at radius 3 is 0.950 bits per heavy atom. The molecule has 12 heteroatoms. The SMILES string of the molecule is Brc1cccc(-c2ccc3c4ccccc4n(-c4ccccc4)c3c2)c1.c1ccc(-c2ccc(Cc3ccc4c(c3)c3ccccc3n4-c3nc(-c4ccccc4)nc(-c4ccccc4)n3)cc2)cc1.c1ccc(-c2ccc(N(c3ccc4c(c3)c3ccccc3n4-c3nc(-c4ccccc4)nc(-c4ccccc4)n3)c3ccccc3-c3ccc4c5ccccc5n(-c5ccccc5)c4c3)cc2)cc1. The number of anilines is 3. The summed E-state index contributed by atoms with van der Waals surface area (Å²) in [4.78, 5) is 32.8. The minimum Gasteiger partial charge on any atom is -0.310 e. The molecule has 11 nitrogen and oxygen atoms in total. The summed E-state index contributed by atoms with van der Waals surface area (Å²) in [5, 5.41) is 9.56. The van der Waals surface area contributed by atoms with Gasteiger partial charge in [-0.2, -0.15) is 19.9 Å². The second kappa shape index (κ2) is 37.0. The molecule has 0 atom stereocenters. The zero-order chi connectivity index (χ0) is 92.5. The maximum Gasteiger partial charge on any atom is 0.238 e. The Bertz CT molecular complexity index is 8890. The summed E-state index contributed by atoms with van der Waals surface area (Å²) in [6, 6.07) is 179. The molecule has 0 N–H and O–H groups in total. The molecule has 0 fully saturated rings. The molecular formula is C127H86BrN11. The van der Waals surface area contributed by atoms with E-state index in [0.717, 1.165) is 111 Å². The molecule has 6 heterocycles. The molecule has 0 bridgehead atoms. The lowest BCUT2D eigenvalue weighted by Gasteiger charge is -2.28. The fourth-order valence-electron chi connectivity index (χ4n) is 19.6. The first-order valence-electron chi connectivity index (χ1n) is 46.8. The summed E-state index contributed by atoms with van der Waals surface area (Å²) in [5.74, 6) is 3.70. The van der Waals surface area contributed by atoms with Crippen LogP contribution in [0.3, 0.4) is 0 Å². The van der Waals surface area contributed by atoms with Crippen LogP contribution in [0.15, 0.2) is 514 Å². The van der Waals surface area contributed by atoms with Gasteiger partial charge in [0.05, 0.1) is 49.8 Å². The fourth-order valence-corrected chi connectivity index (χ4v) is 20.0. The first-order valence-corrected chi connectivity index (χ1v) is 47.6. The molecule has 0 aliphatic rings. The number of aromatic nitrogens is 10. The van der Waals surface area contributed by atoms with E-state index in [4.69, 9.17) is 29.9 Å². The van der Waals surface area contributed by atoms with Crippen LogP contribution in [-0.2, 0) is 6.42 Å². The summed E-state index contributed by atoms with van der Waals surface area (Å²) in [6.45, 7) is 0. The van der Waals surface area contributed by atoms with Crippen LogP contribution in [-0.4, -0.2) is 48.2 Å². The Kier molecular flexibility index (Phi) is 22.4. The molecule has 0 saturated heterocycles. The Hall–Kier alpha value is -18.1. The van der Waals surface area contributed by atoms with Gasteiger partial charge in [-0.05, 0) is 178 Å². The lowest BCUT2D eigenvalue weighted by Crippen LogP contribution is -2.11. The van der Waals surface area contributed by atoms with Crippen molar-refractivity contribution in [1.82, 2.24) is 48.2 Å². The van der Waals surface area contributed by atoms with Crippen molar-refractivity contribution >= 4 is 120 Å².